The maximum atomic E-state index is 9.24. The van der Waals surface area contributed by atoms with Gasteiger partial charge in [0.05, 0.1) is 6.10 Å². The molecule has 0 saturated heterocycles. The molecule has 2 aliphatic rings. The van der Waals surface area contributed by atoms with E-state index in [2.05, 4.69) is 12.2 Å². The van der Waals surface area contributed by atoms with Gasteiger partial charge in [-0.15, -0.1) is 0 Å². The Morgan fingerprint density at radius 1 is 1.50 bits per heavy atom. The van der Waals surface area contributed by atoms with Crippen molar-refractivity contribution >= 4 is 0 Å². The van der Waals surface area contributed by atoms with Crippen molar-refractivity contribution in [1.82, 2.24) is 0 Å². The van der Waals surface area contributed by atoms with Crippen molar-refractivity contribution in [3.8, 4) is 0 Å². The summed E-state index contributed by atoms with van der Waals surface area (Å²) in [4.78, 5) is 0. The molecule has 0 aromatic carbocycles. The smallest absolute Gasteiger partial charge is 0.0729 e. The second kappa shape index (κ2) is 2.24. The van der Waals surface area contributed by atoms with Gasteiger partial charge in [0, 0.05) is 0 Å². The monoisotopic (exact) mass is 136 g/mol. The van der Waals surface area contributed by atoms with Gasteiger partial charge in [-0.25, -0.2) is 0 Å². The van der Waals surface area contributed by atoms with Crippen molar-refractivity contribution < 1.29 is 5.11 Å². The molecule has 54 valence electrons. The molecule has 0 aromatic rings. The summed E-state index contributed by atoms with van der Waals surface area (Å²) in [5.41, 5.74) is 1.45. The fourth-order valence-corrected chi connectivity index (χ4v) is 1.83. The summed E-state index contributed by atoms with van der Waals surface area (Å²) in [6.45, 7) is 0. The molecule has 0 heterocycles. The molecule has 0 amide bonds. The van der Waals surface area contributed by atoms with Crippen LogP contribution in [0, 0.1) is 5.92 Å². The Kier molecular flexibility index (Phi) is 1.38. The van der Waals surface area contributed by atoms with E-state index in [0.717, 1.165) is 6.42 Å². The van der Waals surface area contributed by atoms with E-state index in [1.54, 1.807) is 0 Å². The van der Waals surface area contributed by atoms with Crippen molar-refractivity contribution in [2.75, 3.05) is 0 Å². The van der Waals surface area contributed by atoms with Gasteiger partial charge in [0.15, 0.2) is 0 Å². The minimum absolute atomic E-state index is 0.180. The summed E-state index contributed by atoms with van der Waals surface area (Å²) in [7, 11) is 0. The number of hydrogen-bond acceptors (Lipinski definition) is 1. The predicted octanol–water partition coefficient (Wildman–Crippen LogP) is 1.64. The van der Waals surface area contributed by atoms with Crippen molar-refractivity contribution in [2.45, 2.75) is 25.4 Å². The van der Waals surface area contributed by atoms with Gasteiger partial charge in [-0.05, 0) is 30.8 Å². The molecule has 1 nitrogen and oxygen atoms in total. The lowest BCUT2D eigenvalue weighted by Gasteiger charge is -2.19. The number of aliphatic hydroxyl groups is 1. The zero-order chi connectivity index (χ0) is 6.97. The SMILES string of the molecule is O[C@@H]1C=CC2=CCC[C@H]2C1. The Hall–Kier alpha value is -0.560. The van der Waals surface area contributed by atoms with Gasteiger partial charge in [-0.2, -0.15) is 0 Å². The molecule has 2 rings (SSSR count). The first kappa shape index (κ1) is 6.17. The molecule has 0 unspecified atom stereocenters. The van der Waals surface area contributed by atoms with Gasteiger partial charge >= 0.3 is 0 Å². The first-order chi connectivity index (χ1) is 4.86. The van der Waals surface area contributed by atoms with E-state index >= 15 is 0 Å². The fraction of sp³-hybridized carbons (Fsp3) is 0.556. The average Bonchev–Trinajstić information content (AvgIpc) is 2.33. The highest BCUT2D eigenvalue weighted by Gasteiger charge is 2.22. The maximum absolute atomic E-state index is 9.24. The summed E-state index contributed by atoms with van der Waals surface area (Å²) >= 11 is 0. The van der Waals surface area contributed by atoms with Crippen LogP contribution < -0.4 is 0 Å². The highest BCUT2D eigenvalue weighted by molar-refractivity contribution is 5.29. The summed E-state index contributed by atoms with van der Waals surface area (Å²) in [6, 6.07) is 0. The van der Waals surface area contributed by atoms with Gasteiger partial charge in [-0.3, -0.25) is 0 Å². The summed E-state index contributed by atoms with van der Waals surface area (Å²) < 4.78 is 0. The third-order valence-electron chi connectivity index (χ3n) is 2.40. The first-order valence-corrected chi connectivity index (χ1v) is 3.92. The van der Waals surface area contributed by atoms with Crippen molar-refractivity contribution in [2.24, 2.45) is 5.92 Å². The third-order valence-corrected chi connectivity index (χ3v) is 2.40. The minimum Gasteiger partial charge on any atom is -0.389 e. The number of rotatable bonds is 0. The van der Waals surface area contributed by atoms with Crippen LogP contribution >= 0.6 is 0 Å². The largest absolute Gasteiger partial charge is 0.389 e. The highest BCUT2D eigenvalue weighted by atomic mass is 16.3. The molecule has 2 aliphatic carbocycles. The van der Waals surface area contributed by atoms with Crippen LogP contribution in [0.2, 0.25) is 0 Å². The average molecular weight is 136 g/mol. The zero-order valence-electron chi connectivity index (χ0n) is 5.96. The molecule has 0 bridgehead atoms. The van der Waals surface area contributed by atoms with E-state index in [0.29, 0.717) is 5.92 Å². The molecule has 2 atom stereocenters. The lowest BCUT2D eigenvalue weighted by molar-refractivity contribution is 0.190. The van der Waals surface area contributed by atoms with Crippen LogP contribution in [0.5, 0.6) is 0 Å². The van der Waals surface area contributed by atoms with E-state index < -0.39 is 0 Å². The number of hydrogen-bond donors (Lipinski definition) is 1. The van der Waals surface area contributed by atoms with Gasteiger partial charge in [0.2, 0.25) is 0 Å². The quantitative estimate of drug-likeness (QED) is 0.536. The normalized spacial score (nSPS) is 37.5. The molecule has 0 fully saturated rings. The van der Waals surface area contributed by atoms with Gasteiger partial charge in [0.25, 0.3) is 0 Å². The summed E-state index contributed by atoms with van der Waals surface area (Å²) in [6.07, 6.45) is 9.48. The Bertz CT molecular complexity index is 191. The molecular formula is C9H12O. The third kappa shape index (κ3) is 0.907. The Labute approximate surface area is 61.1 Å². The van der Waals surface area contributed by atoms with Gasteiger partial charge in [0.1, 0.15) is 0 Å². The van der Waals surface area contributed by atoms with Crippen LogP contribution in [-0.2, 0) is 0 Å². The predicted molar refractivity (Wildman–Crippen MR) is 40.6 cm³/mol. The topological polar surface area (TPSA) is 20.2 Å². The zero-order valence-corrected chi connectivity index (χ0v) is 5.96. The molecule has 10 heavy (non-hydrogen) atoms. The molecular weight excluding hydrogens is 124 g/mol. The molecule has 0 aliphatic heterocycles. The lowest BCUT2D eigenvalue weighted by Crippen LogP contribution is -2.14. The summed E-state index contributed by atoms with van der Waals surface area (Å²) in [5.74, 6) is 0.667. The maximum Gasteiger partial charge on any atom is 0.0729 e. The van der Waals surface area contributed by atoms with E-state index in [9.17, 15) is 5.11 Å². The molecule has 1 heteroatoms. The van der Waals surface area contributed by atoms with Crippen LogP contribution in [0.1, 0.15) is 19.3 Å². The second-order valence-electron chi connectivity index (χ2n) is 3.14. The van der Waals surface area contributed by atoms with E-state index in [1.165, 1.54) is 18.4 Å². The number of fused-ring (bicyclic) bond motifs is 1. The molecule has 0 spiro atoms. The second-order valence-corrected chi connectivity index (χ2v) is 3.14. The Morgan fingerprint density at radius 2 is 2.40 bits per heavy atom. The Morgan fingerprint density at radius 3 is 3.30 bits per heavy atom. The van der Waals surface area contributed by atoms with Crippen LogP contribution in [0.15, 0.2) is 23.8 Å². The number of aliphatic hydroxyl groups excluding tert-OH is 1. The van der Waals surface area contributed by atoms with E-state index in [4.69, 9.17) is 0 Å². The fourth-order valence-electron chi connectivity index (χ4n) is 1.83. The highest BCUT2D eigenvalue weighted by Crippen LogP contribution is 2.33. The number of allylic oxidation sites excluding steroid dienone is 3. The van der Waals surface area contributed by atoms with Crippen molar-refractivity contribution in [1.29, 1.82) is 0 Å². The van der Waals surface area contributed by atoms with Crippen LogP contribution in [0.25, 0.3) is 0 Å². The van der Waals surface area contributed by atoms with Crippen LogP contribution in [0.4, 0.5) is 0 Å². The van der Waals surface area contributed by atoms with Crippen LogP contribution in [0.3, 0.4) is 0 Å². The molecule has 1 N–H and O–H groups in total. The summed E-state index contributed by atoms with van der Waals surface area (Å²) in [5, 5.41) is 9.24. The van der Waals surface area contributed by atoms with E-state index in [1.807, 2.05) is 6.08 Å². The van der Waals surface area contributed by atoms with Gasteiger partial charge < -0.3 is 5.11 Å². The first-order valence-electron chi connectivity index (χ1n) is 3.92. The molecule has 0 saturated carbocycles. The van der Waals surface area contributed by atoms with Gasteiger partial charge in [-0.1, -0.05) is 18.2 Å². The Balaban J connectivity index is 2.21. The van der Waals surface area contributed by atoms with E-state index in [-0.39, 0.29) is 6.10 Å². The van der Waals surface area contributed by atoms with Crippen LogP contribution in [-0.4, -0.2) is 11.2 Å². The minimum atomic E-state index is -0.180. The molecule has 0 aromatic heterocycles. The van der Waals surface area contributed by atoms with Crippen molar-refractivity contribution in [3.05, 3.63) is 23.8 Å². The van der Waals surface area contributed by atoms with Crippen molar-refractivity contribution in [3.63, 3.8) is 0 Å². The molecule has 0 radical (unpaired) electrons. The lowest BCUT2D eigenvalue weighted by atomic mass is 9.90. The standard InChI is InChI=1S/C9H12O/c10-9-5-4-7-2-1-3-8(7)6-9/h2,4-5,8-10H,1,3,6H2/t8-,9+/m0/s1.